The first kappa shape index (κ1) is 17.0. The minimum Gasteiger partial charge on any atom is -0.382 e. The van der Waals surface area contributed by atoms with E-state index in [0.29, 0.717) is 28.8 Å². The monoisotopic (exact) mass is 335 g/mol. The van der Waals surface area contributed by atoms with Crippen molar-refractivity contribution < 1.29 is 4.79 Å². The molecule has 2 N–H and O–H groups in total. The van der Waals surface area contributed by atoms with Crippen molar-refractivity contribution in [3.63, 3.8) is 0 Å². The van der Waals surface area contributed by atoms with Gasteiger partial charge in [0.05, 0.1) is 11.2 Å². The highest BCUT2D eigenvalue weighted by Gasteiger charge is 2.10. The first-order valence-corrected chi connectivity index (χ1v) is 8.20. The van der Waals surface area contributed by atoms with Gasteiger partial charge in [-0.1, -0.05) is 18.2 Å². The average molecular weight is 335 g/mol. The van der Waals surface area contributed by atoms with Crippen LogP contribution in [0.1, 0.15) is 23.2 Å². The molecule has 1 aromatic carbocycles. The molecule has 6 nitrogen and oxygen atoms in total. The van der Waals surface area contributed by atoms with Gasteiger partial charge in [0.25, 0.3) is 0 Å². The van der Waals surface area contributed by atoms with Gasteiger partial charge in [0.2, 0.25) is 0 Å². The van der Waals surface area contributed by atoms with Crippen LogP contribution < -0.4 is 5.73 Å². The lowest BCUT2D eigenvalue weighted by atomic mass is 10.0. The van der Waals surface area contributed by atoms with Crippen molar-refractivity contribution in [1.29, 1.82) is 0 Å². The highest BCUT2D eigenvalue weighted by atomic mass is 16.1. The molecule has 0 aliphatic heterocycles. The lowest BCUT2D eigenvalue weighted by molar-refractivity contribution is 0.0977. The number of Topliss-reactive ketones (excluding diaryl/α,β-unsaturated/α-hetero) is 1. The lowest BCUT2D eigenvalue weighted by Gasteiger charge is -2.09. The summed E-state index contributed by atoms with van der Waals surface area (Å²) < 4.78 is 0. The van der Waals surface area contributed by atoms with Gasteiger partial charge in [0, 0.05) is 17.5 Å². The normalized spacial score (nSPS) is 11.2. The number of pyridine rings is 1. The maximum Gasteiger partial charge on any atom is 0.162 e. The Morgan fingerprint density at radius 2 is 2.00 bits per heavy atom. The fraction of sp³-hybridized carbons (Fsp3) is 0.263. The second kappa shape index (κ2) is 7.36. The Morgan fingerprint density at radius 3 is 2.80 bits per heavy atom. The molecule has 2 heterocycles. The Morgan fingerprint density at radius 1 is 1.16 bits per heavy atom. The third-order valence-corrected chi connectivity index (χ3v) is 4.00. The smallest absolute Gasteiger partial charge is 0.162 e. The number of anilines is 1. The molecule has 0 spiro atoms. The lowest BCUT2D eigenvalue weighted by Crippen LogP contribution is -2.14. The number of carbonyl (C=O) groups excluding carboxylic acids is 1. The molecule has 2 aromatic heterocycles. The van der Waals surface area contributed by atoms with Crippen LogP contribution in [0.5, 0.6) is 0 Å². The number of nitrogen functional groups attached to an aromatic ring is 1. The number of aromatic nitrogens is 3. The predicted octanol–water partition coefficient (Wildman–Crippen LogP) is 2.80. The van der Waals surface area contributed by atoms with Crippen molar-refractivity contribution >= 4 is 22.6 Å². The first-order valence-electron chi connectivity index (χ1n) is 8.20. The van der Waals surface area contributed by atoms with E-state index in [-0.39, 0.29) is 5.78 Å². The van der Waals surface area contributed by atoms with Crippen molar-refractivity contribution in [3.05, 3.63) is 48.3 Å². The Hall–Kier alpha value is -2.86. The number of nitrogens with two attached hydrogens (primary N) is 1. The molecule has 128 valence electrons. The van der Waals surface area contributed by atoms with E-state index in [9.17, 15) is 4.79 Å². The fourth-order valence-corrected chi connectivity index (χ4v) is 2.67. The van der Waals surface area contributed by atoms with Gasteiger partial charge in [-0.05, 0) is 45.3 Å². The predicted molar refractivity (Wildman–Crippen MR) is 99.3 cm³/mol. The first-order chi connectivity index (χ1) is 12.0. The van der Waals surface area contributed by atoms with E-state index in [1.807, 2.05) is 50.5 Å². The van der Waals surface area contributed by atoms with Crippen LogP contribution >= 0.6 is 0 Å². The van der Waals surface area contributed by atoms with Crippen LogP contribution in [0.3, 0.4) is 0 Å². The summed E-state index contributed by atoms with van der Waals surface area (Å²) in [5.74, 6) is 0.495. The van der Waals surface area contributed by atoms with Gasteiger partial charge >= 0.3 is 0 Å². The van der Waals surface area contributed by atoms with Crippen molar-refractivity contribution in [2.45, 2.75) is 12.8 Å². The zero-order valence-electron chi connectivity index (χ0n) is 14.4. The van der Waals surface area contributed by atoms with Crippen molar-refractivity contribution in [2.24, 2.45) is 0 Å². The number of carbonyl (C=O) groups is 1. The van der Waals surface area contributed by atoms with Crippen LogP contribution in [0.25, 0.3) is 22.3 Å². The maximum absolute atomic E-state index is 12.4. The molecule has 6 heteroatoms. The number of nitrogens with zero attached hydrogens (tertiary/aromatic N) is 4. The molecule has 0 radical (unpaired) electrons. The van der Waals surface area contributed by atoms with Crippen LogP contribution in [-0.2, 0) is 0 Å². The summed E-state index contributed by atoms with van der Waals surface area (Å²) >= 11 is 0. The summed E-state index contributed by atoms with van der Waals surface area (Å²) in [6.07, 6.45) is 2.80. The largest absolute Gasteiger partial charge is 0.382 e. The van der Waals surface area contributed by atoms with E-state index in [1.165, 1.54) is 6.33 Å². The van der Waals surface area contributed by atoms with Gasteiger partial charge in [-0.2, -0.15) is 0 Å². The highest BCUT2D eigenvalue weighted by molar-refractivity contribution is 5.97. The average Bonchev–Trinajstić information content (AvgIpc) is 2.61. The second-order valence-corrected chi connectivity index (χ2v) is 6.23. The highest BCUT2D eigenvalue weighted by Crippen LogP contribution is 2.23. The number of benzene rings is 1. The summed E-state index contributed by atoms with van der Waals surface area (Å²) in [6.45, 7) is 0.900. The Labute approximate surface area is 146 Å². The molecule has 0 fully saturated rings. The molecule has 0 saturated carbocycles. The van der Waals surface area contributed by atoms with Crippen molar-refractivity contribution in [3.8, 4) is 11.3 Å². The molecule has 3 rings (SSSR count). The van der Waals surface area contributed by atoms with Gasteiger partial charge in [0.1, 0.15) is 11.8 Å². The molecular formula is C19H21N5O. The van der Waals surface area contributed by atoms with Crippen LogP contribution in [-0.4, -0.2) is 46.3 Å². The fourth-order valence-electron chi connectivity index (χ4n) is 2.67. The van der Waals surface area contributed by atoms with Gasteiger partial charge in [-0.15, -0.1) is 0 Å². The molecule has 0 saturated heterocycles. The molecule has 0 bridgehead atoms. The molecule has 25 heavy (non-hydrogen) atoms. The minimum absolute atomic E-state index is 0.146. The van der Waals surface area contributed by atoms with Crippen molar-refractivity contribution in [1.82, 2.24) is 19.9 Å². The van der Waals surface area contributed by atoms with Crippen LogP contribution in [0.2, 0.25) is 0 Å². The molecule has 0 amide bonds. The summed E-state index contributed by atoms with van der Waals surface area (Å²) in [4.78, 5) is 27.2. The second-order valence-electron chi connectivity index (χ2n) is 6.23. The Kier molecular flexibility index (Phi) is 5.00. The summed E-state index contributed by atoms with van der Waals surface area (Å²) in [5.41, 5.74) is 9.49. The number of hydrogen-bond acceptors (Lipinski definition) is 6. The molecule has 0 unspecified atom stereocenters. The van der Waals surface area contributed by atoms with Crippen LogP contribution in [0.15, 0.2) is 42.7 Å². The van der Waals surface area contributed by atoms with Crippen LogP contribution in [0.4, 0.5) is 5.82 Å². The van der Waals surface area contributed by atoms with E-state index in [2.05, 4.69) is 19.9 Å². The number of fused-ring (bicyclic) bond motifs is 1. The zero-order chi connectivity index (χ0) is 17.8. The van der Waals surface area contributed by atoms with E-state index in [1.54, 1.807) is 0 Å². The van der Waals surface area contributed by atoms with Crippen molar-refractivity contribution in [2.75, 3.05) is 26.4 Å². The van der Waals surface area contributed by atoms with Gasteiger partial charge in [0.15, 0.2) is 11.6 Å². The van der Waals surface area contributed by atoms with Gasteiger partial charge < -0.3 is 10.6 Å². The third-order valence-electron chi connectivity index (χ3n) is 4.00. The summed E-state index contributed by atoms with van der Waals surface area (Å²) in [5, 5.41) is 0. The standard InChI is InChI=1S/C19H21N5O/c1-24(2)10-4-7-17(25)14-6-3-5-13(11-14)15-8-9-16-18(23-15)19(20)22-12-21-16/h3,5-6,8-9,11-12H,4,7,10H2,1-2H3,(H2,20,21,22). The summed E-state index contributed by atoms with van der Waals surface area (Å²) in [7, 11) is 4.01. The Balaban J connectivity index is 1.86. The summed E-state index contributed by atoms with van der Waals surface area (Å²) in [6, 6.07) is 11.3. The SMILES string of the molecule is CN(C)CCCC(=O)c1cccc(-c2ccc3ncnc(N)c3n2)c1. The van der Waals surface area contributed by atoms with E-state index in [0.717, 1.165) is 24.2 Å². The minimum atomic E-state index is 0.146. The van der Waals surface area contributed by atoms with E-state index >= 15 is 0 Å². The van der Waals surface area contributed by atoms with Gasteiger partial charge in [-0.25, -0.2) is 15.0 Å². The topological polar surface area (TPSA) is 85.0 Å². The quantitative estimate of drug-likeness (QED) is 0.697. The number of hydrogen-bond donors (Lipinski definition) is 1. The molecular weight excluding hydrogens is 314 g/mol. The van der Waals surface area contributed by atoms with Crippen LogP contribution in [0, 0.1) is 0 Å². The molecule has 0 aliphatic rings. The van der Waals surface area contributed by atoms with E-state index < -0.39 is 0 Å². The number of ketones is 1. The zero-order valence-corrected chi connectivity index (χ0v) is 14.4. The molecule has 0 aliphatic carbocycles. The van der Waals surface area contributed by atoms with Gasteiger partial charge in [-0.3, -0.25) is 4.79 Å². The molecule has 0 atom stereocenters. The molecule has 3 aromatic rings. The van der Waals surface area contributed by atoms with E-state index in [4.69, 9.17) is 5.73 Å². The third kappa shape index (κ3) is 3.97. The number of rotatable bonds is 6. The maximum atomic E-state index is 12.4. The Bertz CT molecular complexity index is 907.